The molecule has 1 aromatic carbocycles. The van der Waals surface area contributed by atoms with Gasteiger partial charge in [0.15, 0.2) is 0 Å². The van der Waals surface area contributed by atoms with Gasteiger partial charge in [-0.1, -0.05) is 30.3 Å². The van der Waals surface area contributed by atoms with E-state index in [1.165, 1.54) is 0 Å². The molecule has 0 unspecified atom stereocenters. The van der Waals surface area contributed by atoms with Crippen LogP contribution in [0.1, 0.15) is 39.2 Å². The highest BCUT2D eigenvalue weighted by atomic mass is 16.5. The molecule has 0 N–H and O–H groups in total. The summed E-state index contributed by atoms with van der Waals surface area (Å²) in [7, 11) is 0. The molecular formula is C16H22O3. The molecule has 1 aromatic rings. The molecule has 0 bridgehead atoms. The van der Waals surface area contributed by atoms with E-state index in [1.54, 1.807) is 0 Å². The second-order valence-electron chi connectivity index (χ2n) is 5.91. The first-order valence-corrected chi connectivity index (χ1v) is 6.83. The van der Waals surface area contributed by atoms with Crippen molar-refractivity contribution in [2.75, 3.05) is 6.61 Å². The largest absolute Gasteiger partial charge is 0.466 e. The van der Waals surface area contributed by atoms with Crippen molar-refractivity contribution in [3.05, 3.63) is 35.9 Å². The van der Waals surface area contributed by atoms with Gasteiger partial charge in [0.1, 0.15) is 0 Å². The highest BCUT2D eigenvalue weighted by Gasteiger charge is 2.58. The van der Waals surface area contributed by atoms with Gasteiger partial charge >= 0.3 is 5.97 Å². The standard InChI is InChI=1S/C16H22O3/c1-5-18-15(17)13-12(11-9-7-6-8-10-11)14(13)19-16(2,3)4/h6-10,12-14H,5H2,1-4H3/t12-,13-,14-/m0/s1. The summed E-state index contributed by atoms with van der Waals surface area (Å²) in [6.45, 7) is 8.28. The normalized spacial score (nSPS) is 26.0. The van der Waals surface area contributed by atoms with Crippen molar-refractivity contribution in [2.45, 2.75) is 45.3 Å². The van der Waals surface area contributed by atoms with Crippen molar-refractivity contribution < 1.29 is 14.3 Å². The van der Waals surface area contributed by atoms with Crippen LogP contribution in [-0.2, 0) is 14.3 Å². The Kier molecular flexibility index (Phi) is 3.95. The minimum atomic E-state index is -0.251. The number of ether oxygens (including phenoxy) is 2. The molecule has 104 valence electrons. The molecule has 0 saturated heterocycles. The van der Waals surface area contributed by atoms with E-state index < -0.39 is 0 Å². The minimum Gasteiger partial charge on any atom is -0.466 e. The van der Waals surface area contributed by atoms with Crippen LogP contribution in [0.25, 0.3) is 0 Å². The Labute approximate surface area is 114 Å². The van der Waals surface area contributed by atoms with Crippen molar-refractivity contribution >= 4 is 5.97 Å². The summed E-state index contributed by atoms with van der Waals surface area (Å²) in [6.07, 6.45) is -0.0681. The van der Waals surface area contributed by atoms with Crippen LogP contribution in [0, 0.1) is 5.92 Å². The van der Waals surface area contributed by atoms with Crippen molar-refractivity contribution in [3.63, 3.8) is 0 Å². The van der Waals surface area contributed by atoms with Crippen molar-refractivity contribution in [1.82, 2.24) is 0 Å². The molecule has 1 aliphatic rings. The molecule has 0 aliphatic heterocycles. The fraction of sp³-hybridized carbons (Fsp3) is 0.562. The molecule has 0 amide bonds. The van der Waals surface area contributed by atoms with Crippen LogP contribution < -0.4 is 0 Å². The van der Waals surface area contributed by atoms with Gasteiger partial charge in [0.2, 0.25) is 0 Å². The predicted octanol–water partition coefficient (Wildman–Crippen LogP) is 3.15. The first-order chi connectivity index (χ1) is 8.94. The lowest BCUT2D eigenvalue weighted by Gasteiger charge is -2.19. The Hall–Kier alpha value is -1.35. The number of carbonyl (C=O) groups excluding carboxylic acids is 1. The summed E-state index contributed by atoms with van der Waals surface area (Å²) in [5.74, 6) is -0.188. The molecule has 3 nitrogen and oxygen atoms in total. The molecule has 1 saturated carbocycles. The molecule has 0 heterocycles. The third-order valence-electron chi connectivity index (χ3n) is 3.19. The van der Waals surface area contributed by atoms with Crippen LogP contribution >= 0.6 is 0 Å². The summed E-state index contributed by atoms with van der Waals surface area (Å²) in [5.41, 5.74) is 0.897. The van der Waals surface area contributed by atoms with E-state index in [2.05, 4.69) is 0 Å². The first kappa shape index (κ1) is 14.1. The van der Waals surface area contributed by atoms with Crippen LogP contribution in [0.3, 0.4) is 0 Å². The zero-order chi connectivity index (χ0) is 14.0. The van der Waals surface area contributed by atoms with Crippen LogP contribution in [0.4, 0.5) is 0 Å². The average Bonchev–Trinajstić information content (AvgIpc) is 3.02. The number of hydrogen-bond donors (Lipinski definition) is 0. The lowest BCUT2D eigenvalue weighted by atomic mass is 10.1. The molecule has 1 fully saturated rings. The van der Waals surface area contributed by atoms with Crippen molar-refractivity contribution in [2.24, 2.45) is 5.92 Å². The van der Waals surface area contributed by atoms with E-state index in [0.717, 1.165) is 5.56 Å². The molecule has 0 spiro atoms. The highest BCUT2D eigenvalue weighted by molar-refractivity contribution is 5.79. The van der Waals surface area contributed by atoms with Gasteiger partial charge in [0.25, 0.3) is 0 Å². The van der Waals surface area contributed by atoms with Crippen molar-refractivity contribution in [3.8, 4) is 0 Å². The Morgan fingerprint density at radius 1 is 1.21 bits per heavy atom. The lowest BCUT2D eigenvalue weighted by Crippen LogP contribution is -2.23. The van der Waals surface area contributed by atoms with Gasteiger partial charge in [-0.2, -0.15) is 0 Å². The smallest absolute Gasteiger partial charge is 0.312 e. The Morgan fingerprint density at radius 2 is 1.84 bits per heavy atom. The zero-order valence-electron chi connectivity index (χ0n) is 12.1. The van der Waals surface area contributed by atoms with Gasteiger partial charge in [0.05, 0.1) is 24.2 Å². The summed E-state index contributed by atoms with van der Waals surface area (Å²) >= 11 is 0. The predicted molar refractivity (Wildman–Crippen MR) is 73.9 cm³/mol. The SMILES string of the molecule is CCOC(=O)[C@@H]1[C@@H](OC(C)(C)C)[C@H]1c1ccccc1. The van der Waals surface area contributed by atoms with Gasteiger partial charge in [0, 0.05) is 5.92 Å². The van der Waals surface area contributed by atoms with Gasteiger partial charge in [-0.3, -0.25) is 4.79 Å². The monoisotopic (exact) mass is 262 g/mol. The number of rotatable bonds is 4. The summed E-state index contributed by atoms with van der Waals surface area (Å²) in [5, 5.41) is 0. The maximum atomic E-state index is 12.0. The second kappa shape index (κ2) is 5.33. The van der Waals surface area contributed by atoms with Crippen LogP contribution in [-0.4, -0.2) is 24.3 Å². The zero-order valence-corrected chi connectivity index (χ0v) is 12.1. The maximum Gasteiger partial charge on any atom is 0.312 e. The van der Waals surface area contributed by atoms with E-state index in [9.17, 15) is 4.79 Å². The summed E-state index contributed by atoms with van der Waals surface area (Å²) in [6, 6.07) is 10.0. The summed E-state index contributed by atoms with van der Waals surface area (Å²) < 4.78 is 11.1. The molecule has 1 aliphatic carbocycles. The molecule has 3 heteroatoms. The van der Waals surface area contributed by atoms with E-state index in [1.807, 2.05) is 58.0 Å². The average molecular weight is 262 g/mol. The topological polar surface area (TPSA) is 35.5 Å². The fourth-order valence-corrected chi connectivity index (χ4v) is 2.43. The second-order valence-corrected chi connectivity index (χ2v) is 5.91. The summed E-state index contributed by atoms with van der Waals surface area (Å²) in [4.78, 5) is 12.0. The number of benzene rings is 1. The molecule has 19 heavy (non-hydrogen) atoms. The van der Waals surface area contributed by atoms with E-state index in [4.69, 9.17) is 9.47 Å². The molecule has 0 radical (unpaired) electrons. The molecular weight excluding hydrogens is 240 g/mol. The quantitative estimate of drug-likeness (QED) is 0.782. The number of hydrogen-bond acceptors (Lipinski definition) is 3. The molecule has 0 aromatic heterocycles. The van der Waals surface area contributed by atoms with Gasteiger partial charge in [-0.15, -0.1) is 0 Å². The fourth-order valence-electron chi connectivity index (χ4n) is 2.43. The Morgan fingerprint density at radius 3 is 2.37 bits per heavy atom. The minimum absolute atomic E-state index is 0.0681. The Bertz CT molecular complexity index is 433. The third-order valence-corrected chi connectivity index (χ3v) is 3.19. The van der Waals surface area contributed by atoms with Crippen LogP contribution in [0.5, 0.6) is 0 Å². The van der Waals surface area contributed by atoms with Gasteiger partial charge in [-0.05, 0) is 33.3 Å². The van der Waals surface area contributed by atoms with E-state index >= 15 is 0 Å². The third kappa shape index (κ3) is 3.35. The van der Waals surface area contributed by atoms with E-state index in [0.29, 0.717) is 6.61 Å². The van der Waals surface area contributed by atoms with Gasteiger partial charge < -0.3 is 9.47 Å². The van der Waals surface area contributed by atoms with Crippen molar-refractivity contribution in [1.29, 1.82) is 0 Å². The highest BCUT2D eigenvalue weighted by Crippen LogP contribution is 2.52. The molecule has 2 rings (SSSR count). The van der Waals surface area contributed by atoms with Crippen LogP contribution in [0.2, 0.25) is 0 Å². The Balaban J connectivity index is 2.14. The van der Waals surface area contributed by atoms with Gasteiger partial charge in [-0.25, -0.2) is 0 Å². The van der Waals surface area contributed by atoms with Crippen LogP contribution in [0.15, 0.2) is 30.3 Å². The molecule has 3 atom stereocenters. The number of carbonyl (C=O) groups is 1. The maximum absolute atomic E-state index is 12.0. The number of esters is 1. The first-order valence-electron chi connectivity index (χ1n) is 6.83. The van der Waals surface area contributed by atoms with E-state index in [-0.39, 0.29) is 29.5 Å². The lowest BCUT2D eigenvalue weighted by molar-refractivity contribution is -0.146.